The van der Waals surface area contributed by atoms with Gasteiger partial charge < -0.3 is 5.11 Å². The molecule has 0 heterocycles. The number of aliphatic carboxylic acids is 1. The summed E-state index contributed by atoms with van der Waals surface area (Å²) in [5, 5.41) is 9.30. The van der Waals surface area contributed by atoms with E-state index in [-0.39, 0.29) is 5.92 Å². The van der Waals surface area contributed by atoms with E-state index in [0.29, 0.717) is 12.8 Å². The molecule has 0 aliphatic rings. The third kappa shape index (κ3) is 4.39. The van der Waals surface area contributed by atoms with Crippen molar-refractivity contribution < 1.29 is 9.90 Å². The Hall–Kier alpha value is -2.35. The minimum atomic E-state index is -0.744. The lowest BCUT2D eigenvalue weighted by Crippen LogP contribution is -2.15. The van der Waals surface area contributed by atoms with E-state index >= 15 is 0 Å². The molecule has 0 fully saturated rings. The van der Waals surface area contributed by atoms with Crippen molar-refractivity contribution in [3.8, 4) is 0 Å². The number of allylic oxidation sites excluding steroid dienone is 1. The molecule has 0 saturated carbocycles. The summed E-state index contributed by atoms with van der Waals surface area (Å²) in [6.07, 6.45) is 5.02. The molecule has 2 aromatic carbocycles. The Morgan fingerprint density at radius 1 is 1.00 bits per heavy atom. The molecule has 2 aromatic rings. The molecule has 1 atom stereocenters. The molecule has 0 aromatic heterocycles. The molecule has 0 aliphatic carbocycles. The SMILES string of the molecule is O=C(O)C(C/C=C/c1ccccc1)Cc1ccccc1. The van der Waals surface area contributed by atoms with Gasteiger partial charge in [-0.1, -0.05) is 72.8 Å². The number of carboxylic acids is 1. The topological polar surface area (TPSA) is 37.3 Å². The molecule has 0 saturated heterocycles. The van der Waals surface area contributed by atoms with Gasteiger partial charge in [0.05, 0.1) is 5.92 Å². The van der Waals surface area contributed by atoms with Gasteiger partial charge in [0, 0.05) is 0 Å². The monoisotopic (exact) mass is 266 g/mol. The average Bonchev–Trinajstić information content (AvgIpc) is 2.48. The van der Waals surface area contributed by atoms with E-state index < -0.39 is 5.97 Å². The molecular formula is C18H18O2. The van der Waals surface area contributed by atoms with Crippen molar-refractivity contribution in [2.75, 3.05) is 0 Å². The highest BCUT2D eigenvalue weighted by atomic mass is 16.4. The van der Waals surface area contributed by atoms with Crippen molar-refractivity contribution in [1.29, 1.82) is 0 Å². The van der Waals surface area contributed by atoms with Crippen molar-refractivity contribution in [2.24, 2.45) is 5.92 Å². The maximum atomic E-state index is 11.3. The zero-order chi connectivity index (χ0) is 14.2. The first-order chi connectivity index (χ1) is 9.75. The van der Waals surface area contributed by atoms with Gasteiger partial charge in [-0.3, -0.25) is 4.79 Å². The molecule has 0 amide bonds. The molecular weight excluding hydrogens is 248 g/mol. The van der Waals surface area contributed by atoms with Crippen LogP contribution in [0, 0.1) is 5.92 Å². The van der Waals surface area contributed by atoms with Gasteiger partial charge in [-0.05, 0) is 24.0 Å². The van der Waals surface area contributed by atoms with E-state index in [9.17, 15) is 9.90 Å². The van der Waals surface area contributed by atoms with Crippen LogP contribution in [0.15, 0.2) is 66.7 Å². The fraction of sp³-hybridized carbons (Fsp3) is 0.167. The molecule has 0 aliphatic heterocycles. The van der Waals surface area contributed by atoms with Crippen LogP contribution in [0.25, 0.3) is 6.08 Å². The third-order valence-corrected chi connectivity index (χ3v) is 3.20. The van der Waals surface area contributed by atoms with Gasteiger partial charge in [0.15, 0.2) is 0 Å². The highest BCUT2D eigenvalue weighted by Crippen LogP contribution is 2.14. The smallest absolute Gasteiger partial charge is 0.307 e. The van der Waals surface area contributed by atoms with Gasteiger partial charge in [-0.2, -0.15) is 0 Å². The zero-order valence-electron chi connectivity index (χ0n) is 11.3. The molecule has 1 unspecified atom stereocenters. The van der Waals surface area contributed by atoms with Crippen molar-refractivity contribution in [3.63, 3.8) is 0 Å². The Labute approximate surface area is 119 Å². The molecule has 102 valence electrons. The predicted molar refractivity (Wildman–Crippen MR) is 81.4 cm³/mol. The molecule has 2 rings (SSSR count). The van der Waals surface area contributed by atoms with Crippen molar-refractivity contribution in [2.45, 2.75) is 12.8 Å². The number of rotatable bonds is 6. The lowest BCUT2D eigenvalue weighted by Gasteiger charge is -2.09. The standard InChI is InChI=1S/C18H18O2/c19-18(20)17(14-16-10-5-2-6-11-16)13-7-12-15-8-3-1-4-9-15/h1-12,17H,13-14H2,(H,19,20)/b12-7+. The summed E-state index contributed by atoms with van der Waals surface area (Å²) in [4.78, 5) is 11.3. The lowest BCUT2D eigenvalue weighted by atomic mass is 9.96. The second kappa shape index (κ2) is 7.29. The summed E-state index contributed by atoms with van der Waals surface area (Å²) in [7, 11) is 0. The van der Waals surface area contributed by atoms with Crippen LogP contribution in [0.5, 0.6) is 0 Å². The number of hydrogen-bond acceptors (Lipinski definition) is 1. The van der Waals surface area contributed by atoms with Gasteiger partial charge in [-0.15, -0.1) is 0 Å². The van der Waals surface area contributed by atoms with E-state index in [0.717, 1.165) is 11.1 Å². The molecule has 0 bridgehead atoms. The van der Waals surface area contributed by atoms with Gasteiger partial charge >= 0.3 is 5.97 Å². The maximum Gasteiger partial charge on any atom is 0.307 e. The minimum absolute atomic E-state index is 0.377. The summed E-state index contributed by atoms with van der Waals surface area (Å²) >= 11 is 0. The normalized spacial score (nSPS) is 12.4. The predicted octanol–water partition coefficient (Wildman–Crippen LogP) is 4.03. The Bertz CT molecular complexity index is 558. The van der Waals surface area contributed by atoms with Crippen LogP contribution in [-0.4, -0.2) is 11.1 Å². The summed E-state index contributed by atoms with van der Waals surface area (Å²) in [5.74, 6) is -1.12. The molecule has 0 radical (unpaired) electrons. The quantitative estimate of drug-likeness (QED) is 0.857. The van der Waals surface area contributed by atoms with E-state index in [1.54, 1.807) is 0 Å². The van der Waals surface area contributed by atoms with Gasteiger partial charge in [0.1, 0.15) is 0 Å². The summed E-state index contributed by atoms with van der Waals surface area (Å²) < 4.78 is 0. The van der Waals surface area contributed by atoms with E-state index in [2.05, 4.69) is 0 Å². The second-order valence-corrected chi connectivity index (χ2v) is 4.77. The molecule has 2 nitrogen and oxygen atoms in total. The second-order valence-electron chi connectivity index (χ2n) is 4.77. The largest absolute Gasteiger partial charge is 0.481 e. The summed E-state index contributed by atoms with van der Waals surface area (Å²) in [6.45, 7) is 0. The van der Waals surface area contributed by atoms with Crippen LogP contribution < -0.4 is 0 Å². The summed E-state index contributed by atoms with van der Waals surface area (Å²) in [5.41, 5.74) is 2.16. The number of carbonyl (C=O) groups is 1. The van der Waals surface area contributed by atoms with E-state index in [1.807, 2.05) is 72.8 Å². The lowest BCUT2D eigenvalue weighted by molar-refractivity contribution is -0.141. The Balaban J connectivity index is 1.96. The fourth-order valence-corrected chi connectivity index (χ4v) is 2.10. The average molecular weight is 266 g/mol. The first kappa shape index (κ1) is 14.1. The van der Waals surface area contributed by atoms with Crippen LogP contribution in [-0.2, 0) is 11.2 Å². The Kier molecular flexibility index (Phi) is 5.13. The highest BCUT2D eigenvalue weighted by molar-refractivity contribution is 5.71. The van der Waals surface area contributed by atoms with E-state index in [4.69, 9.17) is 0 Å². The van der Waals surface area contributed by atoms with Crippen molar-refractivity contribution >= 4 is 12.0 Å². The zero-order valence-corrected chi connectivity index (χ0v) is 11.3. The van der Waals surface area contributed by atoms with Crippen molar-refractivity contribution in [3.05, 3.63) is 77.9 Å². The Morgan fingerprint density at radius 2 is 1.60 bits per heavy atom. The van der Waals surface area contributed by atoms with Crippen LogP contribution in [0.4, 0.5) is 0 Å². The van der Waals surface area contributed by atoms with E-state index in [1.165, 1.54) is 0 Å². The molecule has 0 spiro atoms. The number of hydrogen-bond donors (Lipinski definition) is 1. The first-order valence-corrected chi connectivity index (χ1v) is 6.74. The molecule has 1 N–H and O–H groups in total. The van der Waals surface area contributed by atoms with Crippen LogP contribution in [0.3, 0.4) is 0 Å². The highest BCUT2D eigenvalue weighted by Gasteiger charge is 2.16. The van der Waals surface area contributed by atoms with Gasteiger partial charge in [0.25, 0.3) is 0 Å². The number of carboxylic acid groups (broad SMARTS) is 1. The number of benzene rings is 2. The van der Waals surface area contributed by atoms with Gasteiger partial charge in [0.2, 0.25) is 0 Å². The van der Waals surface area contributed by atoms with Crippen LogP contribution in [0.1, 0.15) is 17.5 Å². The third-order valence-electron chi connectivity index (χ3n) is 3.20. The fourth-order valence-electron chi connectivity index (χ4n) is 2.10. The maximum absolute atomic E-state index is 11.3. The Morgan fingerprint density at radius 3 is 2.20 bits per heavy atom. The molecule has 20 heavy (non-hydrogen) atoms. The first-order valence-electron chi connectivity index (χ1n) is 6.74. The van der Waals surface area contributed by atoms with Crippen LogP contribution in [0.2, 0.25) is 0 Å². The molecule has 2 heteroatoms. The van der Waals surface area contributed by atoms with Gasteiger partial charge in [-0.25, -0.2) is 0 Å². The van der Waals surface area contributed by atoms with Crippen LogP contribution >= 0.6 is 0 Å². The summed E-state index contributed by atoms with van der Waals surface area (Å²) in [6, 6.07) is 19.7. The minimum Gasteiger partial charge on any atom is -0.481 e. The van der Waals surface area contributed by atoms with Crippen molar-refractivity contribution in [1.82, 2.24) is 0 Å².